The first-order valence-corrected chi connectivity index (χ1v) is 8.74. The third-order valence-electron chi connectivity index (χ3n) is 4.49. The van der Waals surface area contributed by atoms with Gasteiger partial charge in [0.15, 0.2) is 17.1 Å². The minimum Gasteiger partial charge on any atom is -0.454 e. The lowest BCUT2D eigenvalue weighted by Crippen LogP contribution is -2.43. The first-order chi connectivity index (χ1) is 13.7. The third-order valence-corrected chi connectivity index (χ3v) is 4.49. The van der Waals surface area contributed by atoms with Gasteiger partial charge in [-0.05, 0) is 34.9 Å². The Morgan fingerprint density at radius 3 is 2.18 bits per heavy atom. The second-order valence-electron chi connectivity index (χ2n) is 6.25. The number of hydrazone groups is 1. The minimum absolute atomic E-state index is 0.188. The molecule has 1 amide bonds. The van der Waals surface area contributed by atoms with Gasteiger partial charge in [-0.3, -0.25) is 4.79 Å². The van der Waals surface area contributed by atoms with E-state index in [-0.39, 0.29) is 6.79 Å². The highest BCUT2D eigenvalue weighted by Crippen LogP contribution is 2.32. The summed E-state index contributed by atoms with van der Waals surface area (Å²) in [6.07, 6.45) is 1.48. The first-order valence-electron chi connectivity index (χ1n) is 8.74. The van der Waals surface area contributed by atoms with Crippen LogP contribution in [0, 0.1) is 0 Å². The molecule has 0 radical (unpaired) electrons. The molecule has 1 aliphatic rings. The van der Waals surface area contributed by atoms with E-state index in [0.717, 1.165) is 5.56 Å². The molecule has 0 saturated carbocycles. The van der Waals surface area contributed by atoms with Crippen molar-refractivity contribution in [2.75, 3.05) is 6.79 Å². The molecular weight excluding hydrogens is 356 g/mol. The highest BCUT2D eigenvalue weighted by molar-refractivity contribution is 5.91. The number of aliphatic hydroxyl groups is 1. The molecule has 0 bridgehead atoms. The molecule has 1 heterocycles. The summed E-state index contributed by atoms with van der Waals surface area (Å²) in [7, 11) is 0. The van der Waals surface area contributed by atoms with E-state index in [0.29, 0.717) is 22.6 Å². The van der Waals surface area contributed by atoms with Crippen LogP contribution in [0.4, 0.5) is 0 Å². The average molecular weight is 374 g/mol. The number of carbonyl (C=O) groups is 1. The molecule has 0 atom stereocenters. The molecule has 6 heteroatoms. The number of benzene rings is 3. The van der Waals surface area contributed by atoms with Crippen LogP contribution < -0.4 is 14.9 Å². The van der Waals surface area contributed by atoms with Gasteiger partial charge in [-0.2, -0.15) is 5.10 Å². The Bertz CT molecular complexity index is 964. The average Bonchev–Trinajstić information content (AvgIpc) is 3.22. The molecule has 0 saturated heterocycles. The maximum atomic E-state index is 12.9. The van der Waals surface area contributed by atoms with Gasteiger partial charge in [-0.15, -0.1) is 0 Å². The largest absolute Gasteiger partial charge is 0.454 e. The van der Waals surface area contributed by atoms with Crippen LogP contribution in [0.1, 0.15) is 16.7 Å². The number of hydrogen-bond acceptors (Lipinski definition) is 5. The predicted octanol–water partition coefficient (Wildman–Crippen LogP) is 2.80. The number of ether oxygens (including phenoxy) is 2. The predicted molar refractivity (Wildman–Crippen MR) is 104 cm³/mol. The number of amides is 1. The fourth-order valence-electron chi connectivity index (χ4n) is 3.03. The van der Waals surface area contributed by atoms with E-state index >= 15 is 0 Å². The Morgan fingerprint density at radius 2 is 1.54 bits per heavy atom. The molecular formula is C22H18N2O4. The van der Waals surface area contributed by atoms with E-state index in [4.69, 9.17) is 9.47 Å². The van der Waals surface area contributed by atoms with E-state index in [1.54, 1.807) is 66.7 Å². The van der Waals surface area contributed by atoms with Crippen molar-refractivity contribution in [3.63, 3.8) is 0 Å². The normalized spacial score (nSPS) is 12.9. The van der Waals surface area contributed by atoms with Gasteiger partial charge in [0.25, 0.3) is 5.91 Å². The number of carbonyl (C=O) groups excluding carboxylic acids is 1. The van der Waals surface area contributed by atoms with E-state index in [9.17, 15) is 9.90 Å². The summed E-state index contributed by atoms with van der Waals surface area (Å²) in [6.45, 7) is 0.188. The third kappa shape index (κ3) is 3.33. The molecule has 0 spiro atoms. The maximum absolute atomic E-state index is 12.9. The number of nitrogens with zero attached hydrogens (tertiary/aromatic N) is 1. The highest BCUT2D eigenvalue weighted by Gasteiger charge is 2.39. The molecule has 0 fully saturated rings. The Kier molecular flexibility index (Phi) is 4.78. The van der Waals surface area contributed by atoms with Crippen LogP contribution >= 0.6 is 0 Å². The lowest BCUT2D eigenvalue weighted by atomic mass is 9.85. The monoisotopic (exact) mass is 374 g/mol. The van der Waals surface area contributed by atoms with Crippen LogP contribution in [0.25, 0.3) is 0 Å². The number of fused-ring (bicyclic) bond motifs is 1. The van der Waals surface area contributed by atoms with Crippen LogP contribution in [0.3, 0.4) is 0 Å². The SMILES string of the molecule is O=C(N/N=C/c1ccc2c(c1)OCO2)C(O)(c1ccccc1)c1ccccc1. The summed E-state index contributed by atoms with van der Waals surface area (Å²) in [6, 6.07) is 22.9. The highest BCUT2D eigenvalue weighted by atomic mass is 16.7. The number of hydrogen-bond donors (Lipinski definition) is 2. The Hall–Kier alpha value is -3.64. The summed E-state index contributed by atoms with van der Waals surface area (Å²) >= 11 is 0. The first kappa shape index (κ1) is 17.8. The summed E-state index contributed by atoms with van der Waals surface area (Å²) in [5.41, 5.74) is 2.22. The second kappa shape index (κ2) is 7.54. The van der Waals surface area contributed by atoms with Gasteiger partial charge in [0.1, 0.15) is 0 Å². The lowest BCUT2D eigenvalue weighted by Gasteiger charge is -2.27. The molecule has 1 aliphatic heterocycles. The zero-order chi connectivity index (χ0) is 19.4. The quantitative estimate of drug-likeness (QED) is 0.532. The fraction of sp³-hybridized carbons (Fsp3) is 0.0909. The van der Waals surface area contributed by atoms with Crippen molar-refractivity contribution in [1.82, 2.24) is 5.43 Å². The topological polar surface area (TPSA) is 80.2 Å². The Balaban J connectivity index is 1.58. The Morgan fingerprint density at radius 1 is 0.929 bits per heavy atom. The van der Waals surface area contributed by atoms with Gasteiger partial charge < -0.3 is 14.6 Å². The zero-order valence-corrected chi connectivity index (χ0v) is 14.9. The van der Waals surface area contributed by atoms with Crippen LogP contribution in [0.5, 0.6) is 11.5 Å². The van der Waals surface area contributed by atoms with Crippen LogP contribution in [-0.4, -0.2) is 24.0 Å². The van der Waals surface area contributed by atoms with Gasteiger partial charge in [0, 0.05) is 0 Å². The standard InChI is InChI=1S/C22H18N2O4/c25-21(24-23-14-16-11-12-19-20(13-16)28-15-27-19)22(26,17-7-3-1-4-8-17)18-9-5-2-6-10-18/h1-14,26H,15H2,(H,24,25)/b23-14+. The van der Waals surface area contributed by atoms with Gasteiger partial charge in [-0.1, -0.05) is 60.7 Å². The Labute approximate surface area is 162 Å². The fourth-order valence-corrected chi connectivity index (χ4v) is 3.03. The van der Waals surface area contributed by atoms with Crippen molar-refractivity contribution in [2.24, 2.45) is 5.10 Å². The van der Waals surface area contributed by atoms with Crippen molar-refractivity contribution in [3.8, 4) is 11.5 Å². The molecule has 140 valence electrons. The molecule has 0 aliphatic carbocycles. The van der Waals surface area contributed by atoms with E-state index in [1.165, 1.54) is 6.21 Å². The lowest BCUT2D eigenvalue weighted by molar-refractivity contribution is -0.136. The van der Waals surface area contributed by atoms with Crippen LogP contribution in [0.15, 0.2) is 84.0 Å². The van der Waals surface area contributed by atoms with Crippen molar-refractivity contribution in [1.29, 1.82) is 0 Å². The van der Waals surface area contributed by atoms with E-state index < -0.39 is 11.5 Å². The molecule has 0 aromatic heterocycles. The van der Waals surface area contributed by atoms with Gasteiger partial charge in [-0.25, -0.2) is 5.43 Å². The van der Waals surface area contributed by atoms with Crippen molar-refractivity contribution < 1.29 is 19.4 Å². The summed E-state index contributed by atoms with van der Waals surface area (Å²) in [5, 5.41) is 15.3. The van der Waals surface area contributed by atoms with Crippen molar-refractivity contribution >= 4 is 12.1 Å². The molecule has 4 rings (SSSR count). The van der Waals surface area contributed by atoms with Gasteiger partial charge in [0.05, 0.1) is 6.21 Å². The molecule has 28 heavy (non-hydrogen) atoms. The summed E-state index contributed by atoms with van der Waals surface area (Å²) < 4.78 is 10.6. The number of rotatable bonds is 5. The summed E-state index contributed by atoms with van der Waals surface area (Å²) in [5.74, 6) is 0.644. The molecule has 2 N–H and O–H groups in total. The molecule has 3 aromatic carbocycles. The second-order valence-corrected chi connectivity index (χ2v) is 6.25. The number of nitrogens with one attached hydrogen (secondary N) is 1. The zero-order valence-electron chi connectivity index (χ0n) is 14.9. The van der Waals surface area contributed by atoms with Crippen molar-refractivity contribution in [2.45, 2.75) is 5.60 Å². The minimum atomic E-state index is -1.87. The maximum Gasteiger partial charge on any atom is 0.281 e. The molecule has 6 nitrogen and oxygen atoms in total. The smallest absolute Gasteiger partial charge is 0.281 e. The van der Waals surface area contributed by atoms with Gasteiger partial charge in [0.2, 0.25) is 6.79 Å². The van der Waals surface area contributed by atoms with Gasteiger partial charge >= 0.3 is 0 Å². The van der Waals surface area contributed by atoms with Crippen LogP contribution in [0.2, 0.25) is 0 Å². The van der Waals surface area contributed by atoms with E-state index in [2.05, 4.69) is 10.5 Å². The van der Waals surface area contributed by atoms with Crippen LogP contribution in [-0.2, 0) is 10.4 Å². The summed E-state index contributed by atoms with van der Waals surface area (Å²) in [4.78, 5) is 12.9. The molecule has 3 aromatic rings. The van der Waals surface area contributed by atoms with Crippen molar-refractivity contribution in [3.05, 3.63) is 95.6 Å². The van der Waals surface area contributed by atoms with E-state index in [1.807, 2.05) is 12.1 Å². The molecule has 0 unspecified atom stereocenters.